The lowest BCUT2D eigenvalue weighted by atomic mass is 10.2. The number of benzene rings is 2. The molecule has 7 nitrogen and oxygen atoms in total. The first kappa shape index (κ1) is 15.8. The quantitative estimate of drug-likeness (QED) is 0.437. The number of nitrogens with zero attached hydrogens (tertiary/aromatic N) is 4. The molecule has 7 heteroatoms. The molecule has 1 N–H and O–H groups in total. The number of aromatic nitrogens is 3. The molecular formula is C19H15N5O2. The zero-order chi connectivity index (χ0) is 17.9. The van der Waals surface area contributed by atoms with Gasteiger partial charge in [0.05, 0.1) is 16.8 Å². The lowest BCUT2D eigenvalue weighted by Crippen LogP contribution is -2.05. The molecule has 0 saturated carbocycles. The van der Waals surface area contributed by atoms with Crippen molar-refractivity contribution in [2.75, 3.05) is 5.32 Å². The molecule has 0 bridgehead atoms. The Bertz CT molecular complexity index is 1080. The Kier molecular flexibility index (Phi) is 4.03. The molecule has 0 saturated heterocycles. The summed E-state index contributed by atoms with van der Waals surface area (Å²) < 4.78 is 1.90. The predicted molar refractivity (Wildman–Crippen MR) is 99.3 cm³/mol. The summed E-state index contributed by atoms with van der Waals surface area (Å²) in [6, 6.07) is 16.8. The van der Waals surface area contributed by atoms with Gasteiger partial charge in [-0.05, 0) is 23.8 Å². The number of nitro groups is 1. The first-order chi connectivity index (χ1) is 12.7. The fraction of sp³-hybridized carbons (Fsp3) is 0.0526. The standard InChI is InChI=1S/C19H15N5O2/c25-24(26)18-11-15-5-1-2-7-17(15)22-19(18)21-12-14-4-3-6-16(10-14)23-9-8-20-13-23/h1-11,13H,12H2,(H,21,22). The average Bonchev–Trinajstić information content (AvgIpc) is 3.20. The Morgan fingerprint density at radius 2 is 2.00 bits per heavy atom. The summed E-state index contributed by atoms with van der Waals surface area (Å²) in [5.74, 6) is 0.265. The normalized spacial score (nSPS) is 10.8. The van der Waals surface area contributed by atoms with E-state index in [2.05, 4.69) is 15.3 Å². The monoisotopic (exact) mass is 345 g/mol. The largest absolute Gasteiger partial charge is 0.360 e. The van der Waals surface area contributed by atoms with E-state index in [0.717, 1.165) is 16.6 Å². The number of nitrogens with one attached hydrogen (secondary N) is 1. The van der Waals surface area contributed by atoms with E-state index < -0.39 is 4.92 Å². The summed E-state index contributed by atoms with van der Waals surface area (Å²) in [7, 11) is 0. The number of pyridine rings is 1. The molecule has 0 spiro atoms. The molecule has 2 aromatic carbocycles. The van der Waals surface area contributed by atoms with Crippen molar-refractivity contribution in [3.63, 3.8) is 0 Å². The van der Waals surface area contributed by atoms with Gasteiger partial charge in [-0.3, -0.25) is 10.1 Å². The maximum absolute atomic E-state index is 11.4. The summed E-state index contributed by atoms with van der Waals surface area (Å²) in [4.78, 5) is 19.4. The third-order valence-electron chi connectivity index (χ3n) is 4.07. The lowest BCUT2D eigenvalue weighted by molar-refractivity contribution is -0.384. The number of anilines is 1. The smallest absolute Gasteiger partial charge is 0.312 e. The average molecular weight is 345 g/mol. The van der Waals surface area contributed by atoms with Crippen molar-refractivity contribution < 1.29 is 4.92 Å². The molecule has 26 heavy (non-hydrogen) atoms. The van der Waals surface area contributed by atoms with Crippen LogP contribution >= 0.6 is 0 Å². The van der Waals surface area contributed by atoms with Crippen molar-refractivity contribution in [1.82, 2.24) is 14.5 Å². The van der Waals surface area contributed by atoms with Crippen LogP contribution in [0, 0.1) is 10.1 Å². The minimum absolute atomic E-state index is 0.0329. The van der Waals surface area contributed by atoms with Crippen LogP contribution in [0.15, 0.2) is 73.3 Å². The highest BCUT2D eigenvalue weighted by molar-refractivity contribution is 5.84. The van der Waals surface area contributed by atoms with Crippen molar-refractivity contribution in [3.05, 3.63) is 89.0 Å². The van der Waals surface area contributed by atoms with Gasteiger partial charge in [0.1, 0.15) is 0 Å². The SMILES string of the molecule is O=[N+]([O-])c1cc2ccccc2nc1NCc1cccc(-n2ccnc2)c1. The number of rotatable bonds is 5. The molecule has 4 rings (SSSR count). The molecule has 0 unspecified atom stereocenters. The predicted octanol–water partition coefficient (Wildman–Crippen LogP) is 3.94. The minimum Gasteiger partial charge on any atom is -0.360 e. The van der Waals surface area contributed by atoms with Crippen LogP contribution in [0.3, 0.4) is 0 Å². The van der Waals surface area contributed by atoms with Crippen molar-refractivity contribution >= 4 is 22.4 Å². The molecule has 0 fully saturated rings. The maximum Gasteiger partial charge on any atom is 0.312 e. The Labute approximate surface area is 149 Å². The number of imidazole rings is 1. The van der Waals surface area contributed by atoms with E-state index in [1.807, 2.05) is 59.3 Å². The fourth-order valence-electron chi connectivity index (χ4n) is 2.80. The van der Waals surface area contributed by atoms with Crippen molar-refractivity contribution in [2.45, 2.75) is 6.54 Å². The van der Waals surface area contributed by atoms with Gasteiger partial charge < -0.3 is 9.88 Å². The van der Waals surface area contributed by atoms with Crippen LogP contribution in [0.5, 0.6) is 0 Å². The summed E-state index contributed by atoms with van der Waals surface area (Å²) in [6.45, 7) is 0.425. The van der Waals surface area contributed by atoms with E-state index in [9.17, 15) is 10.1 Å². The van der Waals surface area contributed by atoms with Crippen molar-refractivity contribution in [2.24, 2.45) is 0 Å². The molecule has 128 valence electrons. The zero-order valence-electron chi connectivity index (χ0n) is 13.7. The van der Waals surface area contributed by atoms with Gasteiger partial charge in [-0.15, -0.1) is 0 Å². The van der Waals surface area contributed by atoms with Crippen LogP contribution in [-0.4, -0.2) is 19.5 Å². The van der Waals surface area contributed by atoms with Gasteiger partial charge in [-0.1, -0.05) is 30.3 Å². The molecule has 2 heterocycles. The van der Waals surface area contributed by atoms with Gasteiger partial charge in [0.15, 0.2) is 0 Å². The Balaban J connectivity index is 1.62. The summed E-state index contributed by atoms with van der Waals surface area (Å²) in [5.41, 5.74) is 2.64. The third kappa shape index (κ3) is 3.10. The van der Waals surface area contributed by atoms with Crippen molar-refractivity contribution in [1.29, 1.82) is 0 Å². The molecule has 0 atom stereocenters. The Morgan fingerprint density at radius 3 is 2.81 bits per heavy atom. The zero-order valence-corrected chi connectivity index (χ0v) is 13.7. The number of fused-ring (bicyclic) bond motifs is 1. The van der Waals surface area contributed by atoms with Crippen LogP contribution in [0.4, 0.5) is 11.5 Å². The van der Waals surface area contributed by atoms with Gasteiger partial charge in [-0.2, -0.15) is 0 Å². The Morgan fingerprint density at radius 1 is 1.12 bits per heavy atom. The molecule has 2 aromatic heterocycles. The number of para-hydroxylation sites is 1. The summed E-state index contributed by atoms with van der Waals surface area (Å²) in [6.07, 6.45) is 5.30. The topological polar surface area (TPSA) is 85.9 Å². The molecule has 0 radical (unpaired) electrons. The second-order valence-electron chi connectivity index (χ2n) is 5.80. The van der Waals surface area contributed by atoms with Gasteiger partial charge in [0.25, 0.3) is 0 Å². The molecule has 0 aliphatic rings. The summed E-state index contributed by atoms with van der Waals surface area (Å²) >= 11 is 0. The molecule has 4 aromatic rings. The van der Waals surface area contributed by atoms with E-state index in [-0.39, 0.29) is 11.5 Å². The number of hydrogen-bond donors (Lipinski definition) is 1. The van der Waals surface area contributed by atoms with Gasteiger partial charge in [-0.25, -0.2) is 9.97 Å². The lowest BCUT2D eigenvalue weighted by Gasteiger charge is -2.09. The first-order valence-corrected chi connectivity index (χ1v) is 8.06. The molecular weight excluding hydrogens is 330 g/mol. The van der Waals surface area contributed by atoms with Crippen LogP contribution in [0.2, 0.25) is 0 Å². The van der Waals surface area contributed by atoms with E-state index in [1.165, 1.54) is 0 Å². The molecule has 0 amide bonds. The van der Waals surface area contributed by atoms with Gasteiger partial charge >= 0.3 is 5.69 Å². The molecule has 0 aliphatic carbocycles. The second kappa shape index (κ2) is 6.64. The third-order valence-corrected chi connectivity index (χ3v) is 4.07. The van der Waals surface area contributed by atoms with Crippen LogP contribution in [0.1, 0.15) is 5.56 Å². The van der Waals surface area contributed by atoms with Crippen LogP contribution in [-0.2, 0) is 6.54 Å². The van der Waals surface area contributed by atoms with E-state index in [1.54, 1.807) is 18.6 Å². The van der Waals surface area contributed by atoms with E-state index in [4.69, 9.17) is 0 Å². The fourth-order valence-corrected chi connectivity index (χ4v) is 2.80. The van der Waals surface area contributed by atoms with Crippen LogP contribution < -0.4 is 5.32 Å². The highest BCUT2D eigenvalue weighted by Crippen LogP contribution is 2.27. The highest BCUT2D eigenvalue weighted by Gasteiger charge is 2.16. The van der Waals surface area contributed by atoms with Crippen LogP contribution in [0.25, 0.3) is 16.6 Å². The highest BCUT2D eigenvalue weighted by atomic mass is 16.6. The van der Waals surface area contributed by atoms with Gasteiger partial charge in [0, 0.05) is 36.1 Å². The Hall–Kier alpha value is -3.74. The maximum atomic E-state index is 11.4. The summed E-state index contributed by atoms with van der Waals surface area (Å²) in [5, 5.41) is 15.2. The van der Waals surface area contributed by atoms with E-state index in [0.29, 0.717) is 12.1 Å². The molecule has 0 aliphatic heterocycles. The van der Waals surface area contributed by atoms with E-state index >= 15 is 0 Å². The number of hydrogen-bond acceptors (Lipinski definition) is 5. The van der Waals surface area contributed by atoms with Gasteiger partial charge in [0.2, 0.25) is 5.82 Å². The first-order valence-electron chi connectivity index (χ1n) is 8.06. The second-order valence-corrected chi connectivity index (χ2v) is 5.80. The van der Waals surface area contributed by atoms with Crippen molar-refractivity contribution in [3.8, 4) is 5.69 Å². The minimum atomic E-state index is -0.413.